The normalized spacial score (nSPS) is 15.2. The van der Waals surface area contributed by atoms with Crippen molar-refractivity contribution < 1.29 is 9.90 Å². The van der Waals surface area contributed by atoms with Gasteiger partial charge in [-0.1, -0.05) is 6.07 Å². The molecular weight excluding hydrogens is 316 g/mol. The zero-order chi connectivity index (χ0) is 18.0. The van der Waals surface area contributed by atoms with E-state index in [1.807, 2.05) is 39.0 Å². The summed E-state index contributed by atoms with van der Waals surface area (Å²) in [6.45, 7) is 7.59. The van der Waals surface area contributed by atoms with E-state index in [4.69, 9.17) is 0 Å². The number of aryl methyl sites for hydroxylation is 2. The molecular formula is C19H24N4O2. The number of anilines is 2. The summed E-state index contributed by atoms with van der Waals surface area (Å²) in [4.78, 5) is 13.8. The largest absolute Gasteiger partial charge is 0.478 e. The molecule has 6 nitrogen and oxygen atoms in total. The summed E-state index contributed by atoms with van der Waals surface area (Å²) in [6.07, 6.45) is 3.64. The second-order valence-electron chi connectivity index (χ2n) is 6.68. The number of carboxylic acid groups (broad SMARTS) is 1. The standard InChI is InChI=1S/C19H24N4O2/c1-12-11-13(2)18(14(3)17(12)19(24)25)21-15-6-9-23(10-7-15)16-5-4-8-20-22-16/h4-5,8,11,15,21H,6-7,9-10H2,1-3H3,(H,24,25). The molecule has 2 N–H and O–H groups in total. The second kappa shape index (κ2) is 7.09. The summed E-state index contributed by atoms with van der Waals surface area (Å²) in [5.41, 5.74) is 4.09. The number of nitrogens with one attached hydrogen (secondary N) is 1. The second-order valence-corrected chi connectivity index (χ2v) is 6.68. The minimum absolute atomic E-state index is 0.328. The lowest BCUT2D eigenvalue weighted by Crippen LogP contribution is -2.39. The Labute approximate surface area is 147 Å². The highest BCUT2D eigenvalue weighted by atomic mass is 16.4. The highest BCUT2D eigenvalue weighted by Crippen LogP contribution is 2.29. The third-order valence-electron chi connectivity index (χ3n) is 4.91. The van der Waals surface area contributed by atoms with Crippen molar-refractivity contribution in [2.24, 2.45) is 0 Å². The molecule has 0 amide bonds. The number of hydrogen-bond donors (Lipinski definition) is 2. The molecule has 1 aliphatic heterocycles. The van der Waals surface area contributed by atoms with Crippen LogP contribution in [0.3, 0.4) is 0 Å². The van der Waals surface area contributed by atoms with Gasteiger partial charge in [0.15, 0.2) is 5.82 Å². The van der Waals surface area contributed by atoms with Crippen molar-refractivity contribution in [3.8, 4) is 0 Å². The first-order valence-electron chi connectivity index (χ1n) is 8.60. The Hall–Kier alpha value is -2.63. The van der Waals surface area contributed by atoms with Crippen LogP contribution in [0.2, 0.25) is 0 Å². The molecule has 0 aliphatic carbocycles. The first-order valence-corrected chi connectivity index (χ1v) is 8.60. The lowest BCUT2D eigenvalue weighted by atomic mass is 9.95. The Kier molecular flexibility index (Phi) is 4.88. The van der Waals surface area contributed by atoms with Crippen LogP contribution in [0.15, 0.2) is 24.4 Å². The molecule has 0 bridgehead atoms. The van der Waals surface area contributed by atoms with Gasteiger partial charge in [0.2, 0.25) is 0 Å². The smallest absolute Gasteiger partial charge is 0.336 e. The van der Waals surface area contributed by atoms with Crippen LogP contribution < -0.4 is 10.2 Å². The third kappa shape index (κ3) is 3.57. The van der Waals surface area contributed by atoms with E-state index < -0.39 is 5.97 Å². The number of aromatic carboxylic acids is 1. The highest BCUT2D eigenvalue weighted by molar-refractivity contribution is 5.93. The molecule has 2 heterocycles. The van der Waals surface area contributed by atoms with Crippen LogP contribution in [0.4, 0.5) is 11.5 Å². The van der Waals surface area contributed by atoms with Gasteiger partial charge in [0.1, 0.15) is 0 Å². The van der Waals surface area contributed by atoms with E-state index in [2.05, 4.69) is 20.4 Å². The fraction of sp³-hybridized carbons (Fsp3) is 0.421. The Balaban J connectivity index is 1.72. The van der Waals surface area contributed by atoms with Crippen molar-refractivity contribution in [3.63, 3.8) is 0 Å². The first kappa shape index (κ1) is 17.2. The number of piperidine rings is 1. The van der Waals surface area contributed by atoms with Crippen molar-refractivity contribution in [2.45, 2.75) is 39.7 Å². The molecule has 0 unspecified atom stereocenters. The van der Waals surface area contributed by atoms with E-state index in [-0.39, 0.29) is 0 Å². The summed E-state index contributed by atoms with van der Waals surface area (Å²) in [6, 6.07) is 6.16. The molecule has 25 heavy (non-hydrogen) atoms. The number of nitrogens with zero attached hydrogens (tertiary/aromatic N) is 3. The summed E-state index contributed by atoms with van der Waals surface area (Å²) in [5, 5.41) is 21.2. The average Bonchev–Trinajstić information content (AvgIpc) is 2.59. The quantitative estimate of drug-likeness (QED) is 0.890. The fourth-order valence-corrected chi connectivity index (χ4v) is 3.66. The number of carbonyl (C=O) groups is 1. The lowest BCUT2D eigenvalue weighted by molar-refractivity contribution is 0.0695. The maximum absolute atomic E-state index is 11.6. The Morgan fingerprint density at radius 3 is 2.56 bits per heavy atom. The van der Waals surface area contributed by atoms with Crippen molar-refractivity contribution in [1.82, 2.24) is 10.2 Å². The van der Waals surface area contributed by atoms with Gasteiger partial charge < -0.3 is 15.3 Å². The Morgan fingerprint density at radius 2 is 1.96 bits per heavy atom. The SMILES string of the molecule is Cc1cc(C)c(C(=O)O)c(C)c1NC1CCN(c2cccnn2)CC1. The zero-order valence-electron chi connectivity index (χ0n) is 14.9. The van der Waals surface area contributed by atoms with Crippen molar-refractivity contribution in [1.29, 1.82) is 0 Å². The van der Waals surface area contributed by atoms with Crippen molar-refractivity contribution in [3.05, 3.63) is 46.6 Å². The van der Waals surface area contributed by atoms with Crippen LogP contribution in [0.25, 0.3) is 0 Å². The van der Waals surface area contributed by atoms with Crippen molar-refractivity contribution >= 4 is 17.5 Å². The van der Waals surface area contributed by atoms with E-state index in [1.165, 1.54) is 0 Å². The minimum atomic E-state index is -0.865. The van der Waals surface area contributed by atoms with E-state index >= 15 is 0 Å². The molecule has 0 radical (unpaired) electrons. The predicted octanol–water partition coefficient (Wildman–Crippen LogP) is 3.18. The molecule has 1 saturated heterocycles. The van der Waals surface area contributed by atoms with E-state index in [9.17, 15) is 9.90 Å². The topological polar surface area (TPSA) is 78.4 Å². The van der Waals surface area contributed by atoms with Crippen LogP contribution >= 0.6 is 0 Å². The van der Waals surface area contributed by atoms with Crippen LogP contribution in [0.5, 0.6) is 0 Å². The van der Waals surface area contributed by atoms with Crippen LogP contribution in [0, 0.1) is 20.8 Å². The highest BCUT2D eigenvalue weighted by Gasteiger charge is 2.23. The maximum atomic E-state index is 11.6. The van der Waals surface area contributed by atoms with Gasteiger partial charge in [-0.2, -0.15) is 5.10 Å². The van der Waals surface area contributed by atoms with E-state index in [0.717, 1.165) is 54.1 Å². The number of hydrogen-bond acceptors (Lipinski definition) is 5. The van der Waals surface area contributed by atoms with Crippen LogP contribution in [0.1, 0.15) is 39.9 Å². The van der Waals surface area contributed by atoms with Gasteiger partial charge in [0, 0.05) is 31.0 Å². The van der Waals surface area contributed by atoms with Gasteiger partial charge >= 0.3 is 5.97 Å². The molecule has 6 heteroatoms. The minimum Gasteiger partial charge on any atom is -0.478 e. The number of benzene rings is 1. The van der Waals surface area contributed by atoms with Crippen LogP contribution in [-0.2, 0) is 0 Å². The van der Waals surface area contributed by atoms with Crippen LogP contribution in [-0.4, -0.2) is 40.4 Å². The molecule has 1 fully saturated rings. The van der Waals surface area contributed by atoms with Gasteiger partial charge in [-0.3, -0.25) is 0 Å². The fourth-order valence-electron chi connectivity index (χ4n) is 3.66. The van der Waals surface area contributed by atoms with Gasteiger partial charge in [-0.05, 0) is 62.4 Å². The molecule has 0 spiro atoms. The molecule has 0 atom stereocenters. The molecule has 0 saturated carbocycles. The molecule has 132 valence electrons. The molecule has 1 aliphatic rings. The predicted molar refractivity (Wildman–Crippen MR) is 98.5 cm³/mol. The zero-order valence-corrected chi connectivity index (χ0v) is 14.9. The number of carboxylic acids is 1. The van der Waals surface area contributed by atoms with Gasteiger partial charge in [0.25, 0.3) is 0 Å². The number of rotatable bonds is 4. The maximum Gasteiger partial charge on any atom is 0.336 e. The summed E-state index contributed by atoms with van der Waals surface area (Å²) < 4.78 is 0. The Bertz CT molecular complexity index is 769. The average molecular weight is 340 g/mol. The number of aromatic nitrogens is 2. The van der Waals surface area contributed by atoms with Gasteiger partial charge in [-0.15, -0.1) is 5.10 Å². The van der Waals surface area contributed by atoms with Gasteiger partial charge in [-0.25, -0.2) is 4.79 Å². The monoisotopic (exact) mass is 340 g/mol. The summed E-state index contributed by atoms with van der Waals surface area (Å²) in [7, 11) is 0. The molecule has 1 aromatic carbocycles. The third-order valence-corrected chi connectivity index (χ3v) is 4.91. The summed E-state index contributed by atoms with van der Waals surface area (Å²) >= 11 is 0. The van der Waals surface area contributed by atoms with Gasteiger partial charge in [0.05, 0.1) is 5.56 Å². The van der Waals surface area contributed by atoms with Crippen molar-refractivity contribution in [2.75, 3.05) is 23.3 Å². The first-order chi connectivity index (χ1) is 12.0. The molecule has 2 aromatic rings. The Morgan fingerprint density at radius 1 is 1.24 bits per heavy atom. The molecule has 1 aromatic heterocycles. The molecule has 3 rings (SSSR count). The summed E-state index contributed by atoms with van der Waals surface area (Å²) in [5.74, 6) is 0.0485. The lowest BCUT2D eigenvalue weighted by Gasteiger charge is -2.34. The van der Waals surface area contributed by atoms with E-state index in [1.54, 1.807) is 6.20 Å². The van der Waals surface area contributed by atoms with E-state index in [0.29, 0.717) is 11.6 Å².